The molecule has 0 radical (unpaired) electrons. The molecule has 1 unspecified atom stereocenters. The molecule has 5 nitrogen and oxygen atoms in total. The molecular formula is C23H24O5. The summed E-state index contributed by atoms with van der Waals surface area (Å²) in [6.45, 7) is 7.81. The number of carbonyl (C=O) groups excluding carboxylic acids is 1. The lowest BCUT2D eigenvalue weighted by Gasteiger charge is -2.36. The molecule has 0 aliphatic carbocycles. The highest BCUT2D eigenvalue weighted by atomic mass is 16.5. The van der Waals surface area contributed by atoms with Crippen LogP contribution < -0.4 is 9.47 Å². The summed E-state index contributed by atoms with van der Waals surface area (Å²) in [6.07, 6.45) is 2.29. The van der Waals surface area contributed by atoms with E-state index in [1.165, 1.54) is 0 Å². The number of methoxy groups -OCH3 is 1. The Morgan fingerprint density at radius 2 is 1.89 bits per heavy atom. The van der Waals surface area contributed by atoms with E-state index in [1.54, 1.807) is 19.2 Å². The molecule has 1 aromatic heterocycles. The normalized spacial score (nSPS) is 18.6. The molecule has 1 atom stereocenters. The number of hydrogen-bond acceptors (Lipinski definition) is 5. The van der Waals surface area contributed by atoms with E-state index in [4.69, 9.17) is 13.9 Å². The number of fused-ring (bicyclic) bond motifs is 2. The van der Waals surface area contributed by atoms with Crippen LogP contribution in [-0.2, 0) is 12.0 Å². The van der Waals surface area contributed by atoms with Crippen LogP contribution in [0.15, 0.2) is 22.6 Å². The summed E-state index contributed by atoms with van der Waals surface area (Å²) in [4.78, 5) is 11.2. The van der Waals surface area contributed by atoms with Gasteiger partial charge in [-0.25, -0.2) is 0 Å². The topological polar surface area (TPSA) is 68.9 Å². The molecule has 146 valence electrons. The van der Waals surface area contributed by atoms with Crippen LogP contribution >= 0.6 is 0 Å². The largest absolute Gasteiger partial charge is 0.507 e. The van der Waals surface area contributed by atoms with Gasteiger partial charge in [-0.15, -0.1) is 0 Å². The van der Waals surface area contributed by atoms with Gasteiger partial charge in [0.25, 0.3) is 0 Å². The molecule has 0 saturated heterocycles. The monoisotopic (exact) mass is 380 g/mol. The van der Waals surface area contributed by atoms with Gasteiger partial charge in [0.05, 0.1) is 7.11 Å². The van der Waals surface area contributed by atoms with E-state index in [-0.39, 0.29) is 0 Å². The third-order valence-electron chi connectivity index (χ3n) is 6.00. The van der Waals surface area contributed by atoms with Gasteiger partial charge in [-0.1, -0.05) is 0 Å². The first kappa shape index (κ1) is 18.4. The van der Waals surface area contributed by atoms with Crippen molar-refractivity contribution in [2.75, 3.05) is 7.11 Å². The van der Waals surface area contributed by atoms with Crippen LogP contribution in [0, 0.1) is 20.8 Å². The minimum atomic E-state index is -0.654. The van der Waals surface area contributed by atoms with E-state index in [2.05, 4.69) is 0 Å². The van der Waals surface area contributed by atoms with Gasteiger partial charge in [-0.3, -0.25) is 4.79 Å². The molecule has 1 N–H and O–H groups in total. The summed E-state index contributed by atoms with van der Waals surface area (Å²) in [6, 6.07) is 5.38. The molecule has 28 heavy (non-hydrogen) atoms. The number of phenolic OH excluding ortho intramolecular Hbond substituents is 1. The zero-order chi connectivity index (χ0) is 20.2. The second kappa shape index (κ2) is 6.30. The number of carbonyl (C=O) groups is 1. The van der Waals surface area contributed by atoms with Gasteiger partial charge in [0, 0.05) is 16.5 Å². The molecule has 0 saturated carbocycles. The molecule has 5 heteroatoms. The molecule has 0 fully saturated rings. The Morgan fingerprint density at radius 1 is 1.14 bits per heavy atom. The lowest BCUT2D eigenvalue weighted by molar-refractivity contribution is 0.0403. The van der Waals surface area contributed by atoms with Crippen molar-refractivity contribution in [2.45, 2.75) is 46.1 Å². The smallest absolute Gasteiger partial charge is 0.176 e. The molecule has 0 bridgehead atoms. The van der Waals surface area contributed by atoms with Crippen molar-refractivity contribution in [2.24, 2.45) is 0 Å². The number of hydrogen-bond donors (Lipinski definition) is 1. The summed E-state index contributed by atoms with van der Waals surface area (Å²) in [5.41, 5.74) is 4.20. The van der Waals surface area contributed by atoms with Crippen LogP contribution in [-0.4, -0.2) is 18.5 Å². The van der Waals surface area contributed by atoms with E-state index >= 15 is 0 Å². The van der Waals surface area contributed by atoms with Gasteiger partial charge >= 0.3 is 0 Å². The second-order valence-electron chi connectivity index (χ2n) is 7.73. The Bertz CT molecular complexity index is 1110. The Hall–Kier alpha value is -2.95. The minimum Gasteiger partial charge on any atom is -0.507 e. The standard InChI is InChI=1S/C23H24O5/c1-12-13(2)21-17(14(3)20(12)25)6-7-23(4,28-21)19-10-16-8-15(11-24)9-18(26-5)22(16)27-19/h8-11,25H,6-7H2,1-5H3. The van der Waals surface area contributed by atoms with Gasteiger partial charge < -0.3 is 19.0 Å². The molecule has 1 aliphatic rings. The summed E-state index contributed by atoms with van der Waals surface area (Å²) in [5, 5.41) is 11.2. The van der Waals surface area contributed by atoms with Gasteiger partial charge in [-0.2, -0.15) is 0 Å². The van der Waals surface area contributed by atoms with E-state index < -0.39 is 5.60 Å². The van der Waals surface area contributed by atoms with Crippen molar-refractivity contribution >= 4 is 17.3 Å². The van der Waals surface area contributed by atoms with Crippen LogP contribution in [0.25, 0.3) is 11.0 Å². The van der Waals surface area contributed by atoms with Crippen molar-refractivity contribution in [1.29, 1.82) is 0 Å². The Kier molecular flexibility index (Phi) is 4.14. The predicted molar refractivity (Wildman–Crippen MR) is 107 cm³/mol. The van der Waals surface area contributed by atoms with Crippen molar-refractivity contribution in [3.05, 3.63) is 51.8 Å². The number of furan rings is 1. The van der Waals surface area contributed by atoms with Gasteiger partial charge in [-0.05, 0) is 75.4 Å². The third-order valence-corrected chi connectivity index (χ3v) is 6.00. The van der Waals surface area contributed by atoms with Crippen LogP contribution in [0.5, 0.6) is 17.2 Å². The third kappa shape index (κ3) is 2.57. The van der Waals surface area contributed by atoms with Gasteiger partial charge in [0.1, 0.15) is 23.5 Å². The quantitative estimate of drug-likeness (QED) is 0.638. The molecule has 2 heterocycles. The zero-order valence-corrected chi connectivity index (χ0v) is 16.8. The highest BCUT2D eigenvalue weighted by molar-refractivity contribution is 5.90. The van der Waals surface area contributed by atoms with Crippen LogP contribution in [0.3, 0.4) is 0 Å². The average molecular weight is 380 g/mol. The average Bonchev–Trinajstić information content (AvgIpc) is 3.15. The fraction of sp³-hybridized carbons (Fsp3) is 0.348. The van der Waals surface area contributed by atoms with Crippen molar-refractivity contribution in [3.8, 4) is 17.2 Å². The first-order chi connectivity index (χ1) is 13.3. The molecule has 3 aromatic rings. The van der Waals surface area contributed by atoms with E-state index in [0.29, 0.717) is 34.8 Å². The number of benzene rings is 2. The first-order valence-corrected chi connectivity index (χ1v) is 9.37. The molecule has 2 aromatic carbocycles. The maximum absolute atomic E-state index is 11.2. The van der Waals surface area contributed by atoms with Crippen molar-refractivity contribution in [3.63, 3.8) is 0 Å². The SMILES string of the molecule is COc1cc(C=O)cc2cc(C3(C)CCc4c(C)c(O)c(C)c(C)c4O3)oc12. The van der Waals surface area contributed by atoms with Gasteiger partial charge in [0.15, 0.2) is 16.9 Å². The first-order valence-electron chi connectivity index (χ1n) is 9.37. The second-order valence-corrected chi connectivity index (χ2v) is 7.73. The Balaban J connectivity index is 1.84. The molecule has 0 amide bonds. The summed E-state index contributed by atoms with van der Waals surface area (Å²) >= 11 is 0. The summed E-state index contributed by atoms with van der Waals surface area (Å²) in [7, 11) is 1.56. The summed E-state index contributed by atoms with van der Waals surface area (Å²) in [5.74, 6) is 2.39. The lowest BCUT2D eigenvalue weighted by atomic mass is 9.86. The highest BCUT2D eigenvalue weighted by Gasteiger charge is 2.39. The maximum Gasteiger partial charge on any atom is 0.176 e. The highest BCUT2D eigenvalue weighted by Crippen LogP contribution is 2.47. The number of rotatable bonds is 3. The maximum atomic E-state index is 11.2. The van der Waals surface area contributed by atoms with Gasteiger partial charge in [0.2, 0.25) is 0 Å². The fourth-order valence-electron chi connectivity index (χ4n) is 4.04. The molecule has 0 spiro atoms. The Morgan fingerprint density at radius 3 is 2.57 bits per heavy atom. The number of aldehydes is 1. The minimum absolute atomic E-state index is 0.346. The molecule has 1 aliphatic heterocycles. The fourth-order valence-corrected chi connectivity index (χ4v) is 4.04. The summed E-state index contributed by atoms with van der Waals surface area (Å²) < 4.78 is 18.1. The predicted octanol–water partition coefficient (Wildman–Crippen LogP) is 5.13. The van der Waals surface area contributed by atoms with Crippen molar-refractivity contribution in [1.82, 2.24) is 0 Å². The molecule has 4 rings (SSSR count). The number of ether oxygens (including phenoxy) is 2. The number of phenols is 1. The van der Waals surface area contributed by atoms with Crippen LogP contribution in [0.4, 0.5) is 0 Å². The van der Waals surface area contributed by atoms with Crippen LogP contribution in [0.2, 0.25) is 0 Å². The zero-order valence-electron chi connectivity index (χ0n) is 16.8. The molecular weight excluding hydrogens is 356 g/mol. The van der Waals surface area contributed by atoms with E-state index in [0.717, 1.165) is 46.1 Å². The Labute approximate surface area is 163 Å². The number of aromatic hydroxyl groups is 1. The lowest BCUT2D eigenvalue weighted by Crippen LogP contribution is -2.34. The van der Waals surface area contributed by atoms with E-state index in [9.17, 15) is 9.90 Å². The van der Waals surface area contributed by atoms with Crippen molar-refractivity contribution < 1.29 is 23.8 Å². The van der Waals surface area contributed by atoms with Crippen LogP contribution in [0.1, 0.15) is 51.7 Å². The van der Waals surface area contributed by atoms with E-state index in [1.807, 2.05) is 33.8 Å².